The van der Waals surface area contributed by atoms with Gasteiger partial charge in [-0.3, -0.25) is 9.59 Å². The number of imidazole rings is 1. The van der Waals surface area contributed by atoms with Crippen LogP contribution in [0.2, 0.25) is 0 Å². The molecule has 2 aromatic rings. The highest BCUT2D eigenvalue weighted by Crippen LogP contribution is 2.32. The number of para-hydroxylation sites is 2. The fraction of sp³-hybridized carbons (Fsp3) is 0.357. The number of benzene rings is 1. The number of nitrogens with one attached hydrogen (secondary N) is 1. The van der Waals surface area contributed by atoms with Gasteiger partial charge in [-0.2, -0.15) is 0 Å². The Bertz CT molecular complexity index is 647. The summed E-state index contributed by atoms with van der Waals surface area (Å²) in [6.07, 6.45) is 0. The third-order valence-electron chi connectivity index (χ3n) is 3.47. The Hall–Kier alpha value is -2.02. The number of rotatable bonds is 6. The molecule has 1 aromatic heterocycles. The Morgan fingerprint density at radius 1 is 1.33 bits per heavy atom. The normalized spacial score (nSPS) is 13.2. The molecule has 0 aliphatic rings. The van der Waals surface area contributed by atoms with Crippen molar-refractivity contribution in [2.24, 2.45) is 11.3 Å². The smallest absolute Gasteiger partial charge is 0.309 e. The molecule has 0 fully saturated rings. The molecule has 0 spiro atoms. The molecule has 1 unspecified atom stereocenters. The van der Waals surface area contributed by atoms with E-state index in [0.717, 1.165) is 11.0 Å². The third-order valence-corrected chi connectivity index (χ3v) is 4.44. The molecule has 0 saturated carbocycles. The first-order valence-electron chi connectivity index (χ1n) is 6.36. The number of carbonyl (C=O) groups is 2. The van der Waals surface area contributed by atoms with Crippen LogP contribution < -0.4 is 0 Å². The molecule has 0 aliphatic carbocycles. The predicted molar refractivity (Wildman–Crippen MR) is 79.4 cm³/mol. The van der Waals surface area contributed by atoms with E-state index in [4.69, 9.17) is 0 Å². The van der Waals surface area contributed by atoms with Crippen LogP contribution in [0.1, 0.15) is 13.8 Å². The van der Waals surface area contributed by atoms with E-state index in [1.54, 1.807) is 0 Å². The molecule has 7 heteroatoms. The fourth-order valence-corrected chi connectivity index (χ4v) is 3.13. The number of hydrogen-bond donors (Lipinski definition) is 3. The second-order valence-corrected chi connectivity index (χ2v) is 6.30. The van der Waals surface area contributed by atoms with Crippen molar-refractivity contribution in [1.82, 2.24) is 9.97 Å². The summed E-state index contributed by atoms with van der Waals surface area (Å²) in [4.78, 5) is 30.0. The zero-order chi connectivity index (χ0) is 15.6. The maximum atomic E-state index is 11.3. The molecule has 1 aromatic carbocycles. The van der Waals surface area contributed by atoms with Gasteiger partial charge in [-0.1, -0.05) is 23.9 Å². The number of aromatic nitrogens is 2. The van der Waals surface area contributed by atoms with Crippen molar-refractivity contribution >= 4 is 34.7 Å². The number of aliphatic carboxylic acids is 2. The Labute approximate surface area is 125 Å². The molecule has 1 heterocycles. The van der Waals surface area contributed by atoms with Crippen LogP contribution in [0.3, 0.4) is 0 Å². The Balaban J connectivity index is 2.15. The van der Waals surface area contributed by atoms with Crippen LogP contribution in [0.15, 0.2) is 29.4 Å². The van der Waals surface area contributed by atoms with E-state index in [9.17, 15) is 19.8 Å². The second kappa shape index (κ2) is 5.77. The minimum absolute atomic E-state index is 0.133. The molecular weight excluding hydrogens is 292 g/mol. The van der Waals surface area contributed by atoms with Crippen LogP contribution in [-0.2, 0) is 9.59 Å². The lowest BCUT2D eigenvalue weighted by Crippen LogP contribution is -2.39. The van der Waals surface area contributed by atoms with Crippen molar-refractivity contribution < 1.29 is 19.8 Å². The van der Waals surface area contributed by atoms with Crippen molar-refractivity contribution in [1.29, 1.82) is 0 Å². The van der Waals surface area contributed by atoms with E-state index in [2.05, 4.69) is 9.97 Å². The van der Waals surface area contributed by atoms with Crippen LogP contribution in [-0.4, -0.2) is 37.9 Å². The average molecular weight is 308 g/mol. The molecule has 0 amide bonds. The largest absolute Gasteiger partial charge is 0.481 e. The molecule has 0 bridgehead atoms. The predicted octanol–water partition coefficient (Wildman–Crippen LogP) is 2.47. The molecule has 1 atom stereocenters. The number of fused-ring (bicyclic) bond motifs is 1. The van der Waals surface area contributed by atoms with Crippen LogP contribution in [0.4, 0.5) is 0 Å². The summed E-state index contributed by atoms with van der Waals surface area (Å²) in [6.45, 7) is 2.85. The van der Waals surface area contributed by atoms with Crippen molar-refractivity contribution in [3.63, 3.8) is 0 Å². The topological polar surface area (TPSA) is 103 Å². The van der Waals surface area contributed by atoms with Crippen molar-refractivity contribution in [2.75, 3.05) is 5.75 Å². The first-order valence-corrected chi connectivity index (χ1v) is 7.34. The Kier molecular flexibility index (Phi) is 4.22. The SMILES string of the molecule is CC(C)(C(=O)O)C(CSc1nc2ccccc2[nH]1)C(=O)O. The van der Waals surface area contributed by atoms with E-state index in [1.165, 1.54) is 25.6 Å². The van der Waals surface area contributed by atoms with E-state index in [0.29, 0.717) is 5.16 Å². The minimum atomic E-state index is -1.34. The lowest BCUT2D eigenvalue weighted by molar-refractivity contribution is -0.158. The van der Waals surface area contributed by atoms with Gasteiger partial charge in [-0.15, -0.1) is 0 Å². The van der Waals surface area contributed by atoms with Crippen LogP contribution >= 0.6 is 11.8 Å². The third kappa shape index (κ3) is 3.18. The number of thioether (sulfide) groups is 1. The van der Waals surface area contributed by atoms with Gasteiger partial charge in [-0.25, -0.2) is 4.98 Å². The monoisotopic (exact) mass is 308 g/mol. The molecule has 6 nitrogen and oxygen atoms in total. The van der Waals surface area contributed by atoms with Gasteiger partial charge in [0.25, 0.3) is 0 Å². The van der Waals surface area contributed by atoms with Gasteiger partial charge in [0.2, 0.25) is 0 Å². The maximum Gasteiger partial charge on any atom is 0.309 e. The van der Waals surface area contributed by atoms with Gasteiger partial charge in [0.15, 0.2) is 5.16 Å². The van der Waals surface area contributed by atoms with Gasteiger partial charge in [-0.05, 0) is 26.0 Å². The maximum absolute atomic E-state index is 11.3. The highest BCUT2D eigenvalue weighted by molar-refractivity contribution is 7.99. The summed E-state index contributed by atoms with van der Waals surface area (Å²) in [6, 6.07) is 7.47. The van der Waals surface area contributed by atoms with Gasteiger partial charge in [0.05, 0.1) is 22.4 Å². The summed E-state index contributed by atoms with van der Waals surface area (Å²) < 4.78 is 0. The number of carboxylic acids is 2. The summed E-state index contributed by atoms with van der Waals surface area (Å²) in [7, 11) is 0. The second-order valence-electron chi connectivity index (χ2n) is 5.29. The standard InChI is InChI=1S/C14H16N2O4S/c1-14(2,12(19)20)8(11(17)18)7-21-13-15-9-5-3-4-6-10(9)16-13/h3-6,8H,7H2,1-2H3,(H,15,16)(H,17,18)(H,19,20). The van der Waals surface area contributed by atoms with E-state index in [1.807, 2.05) is 24.3 Å². The number of aromatic amines is 1. The number of H-pyrrole nitrogens is 1. The zero-order valence-corrected chi connectivity index (χ0v) is 12.5. The average Bonchev–Trinajstić information content (AvgIpc) is 2.80. The first kappa shape index (κ1) is 15.4. The lowest BCUT2D eigenvalue weighted by Gasteiger charge is -2.26. The van der Waals surface area contributed by atoms with Crippen molar-refractivity contribution in [3.8, 4) is 0 Å². The molecule has 3 N–H and O–H groups in total. The highest BCUT2D eigenvalue weighted by Gasteiger charge is 2.41. The van der Waals surface area contributed by atoms with Gasteiger partial charge < -0.3 is 15.2 Å². The molecule has 0 aliphatic heterocycles. The minimum Gasteiger partial charge on any atom is -0.481 e. The molecule has 0 radical (unpaired) electrons. The van der Waals surface area contributed by atoms with E-state index >= 15 is 0 Å². The number of nitrogens with zero attached hydrogens (tertiary/aromatic N) is 1. The summed E-state index contributed by atoms with van der Waals surface area (Å²) in [5.74, 6) is -3.12. The van der Waals surface area contributed by atoms with Crippen molar-refractivity contribution in [2.45, 2.75) is 19.0 Å². The summed E-state index contributed by atoms with van der Waals surface area (Å²) in [5.41, 5.74) is 0.318. The number of carboxylic acid groups (broad SMARTS) is 2. The number of hydrogen-bond acceptors (Lipinski definition) is 4. The van der Waals surface area contributed by atoms with Crippen LogP contribution in [0, 0.1) is 11.3 Å². The summed E-state index contributed by atoms with van der Waals surface area (Å²) in [5, 5.41) is 19.0. The van der Waals surface area contributed by atoms with E-state index in [-0.39, 0.29) is 5.75 Å². The first-order chi connectivity index (χ1) is 9.82. The Morgan fingerprint density at radius 3 is 2.57 bits per heavy atom. The van der Waals surface area contributed by atoms with Crippen LogP contribution in [0.25, 0.3) is 11.0 Å². The van der Waals surface area contributed by atoms with Crippen molar-refractivity contribution in [3.05, 3.63) is 24.3 Å². The zero-order valence-electron chi connectivity index (χ0n) is 11.7. The molecular formula is C14H16N2O4S. The molecule has 2 rings (SSSR count). The summed E-state index contributed by atoms with van der Waals surface area (Å²) >= 11 is 1.22. The van der Waals surface area contributed by atoms with Gasteiger partial charge in [0, 0.05) is 5.75 Å². The fourth-order valence-electron chi connectivity index (χ4n) is 1.90. The van der Waals surface area contributed by atoms with Gasteiger partial charge in [0.1, 0.15) is 0 Å². The lowest BCUT2D eigenvalue weighted by atomic mass is 9.80. The van der Waals surface area contributed by atoms with Crippen LogP contribution in [0.5, 0.6) is 0 Å². The molecule has 112 valence electrons. The Morgan fingerprint density at radius 2 is 2.00 bits per heavy atom. The van der Waals surface area contributed by atoms with Gasteiger partial charge >= 0.3 is 11.9 Å². The molecule has 0 saturated heterocycles. The molecule has 21 heavy (non-hydrogen) atoms. The quantitative estimate of drug-likeness (QED) is 0.708. The van der Waals surface area contributed by atoms with E-state index < -0.39 is 23.3 Å². The highest BCUT2D eigenvalue weighted by atomic mass is 32.2.